The highest BCUT2D eigenvalue weighted by Crippen LogP contribution is 2.41. The van der Waals surface area contributed by atoms with Crippen molar-refractivity contribution in [1.29, 1.82) is 0 Å². The van der Waals surface area contributed by atoms with Gasteiger partial charge in [-0.1, -0.05) is 0 Å². The highest BCUT2D eigenvalue weighted by Gasteiger charge is 2.38. The van der Waals surface area contributed by atoms with Crippen molar-refractivity contribution in [2.24, 2.45) is 11.8 Å². The molecular formula is C18H23FN4O. The van der Waals surface area contributed by atoms with E-state index < -0.39 is 0 Å². The predicted octanol–water partition coefficient (Wildman–Crippen LogP) is 2.25. The number of aromatic amines is 1. The molecule has 3 aliphatic heterocycles. The van der Waals surface area contributed by atoms with E-state index in [1.807, 2.05) is 6.20 Å². The molecule has 2 atom stereocenters. The Morgan fingerprint density at radius 2 is 1.92 bits per heavy atom. The highest BCUT2D eigenvalue weighted by atomic mass is 19.1. The summed E-state index contributed by atoms with van der Waals surface area (Å²) in [6.45, 7) is 5.55. The summed E-state index contributed by atoms with van der Waals surface area (Å²) < 4.78 is 20.3. The third-order valence-corrected chi connectivity index (χ3v) is 6.03. The van der Waals surface area contributed by atoms with Gasteiger partial charge in [-0.2, -0.15) is 0 Å². The molecule has 0 radical (unpaired) electrons. The first-order valence-corrected chi connectivity index (χ1v) is 9.00. The first-order chi connectivity index (χ1) is 11.8. The second kappa shape index (κ2) is 5.70. The molecule has 3 fully saturated rings. The van der Waals surface area contributed by atoms with Crippen molar-refractivity contribution in [3.05, 3.63) is 23.8 Å². The molecule has 0 amide bonds. The standard InChI is InChI=1S/C18H23FN4O/c19-15-8-22-18-16(14(7-21-18)11-1-3-24-4-2-11)17(15)23-9-12-5-20-6-13(12)10-23/h7-8,11-13,20H,1-6,9-10H2,(H,21,22)/t12-,13+. The van der Waals surface area contributed by atoms with Gasteiger partial charge in [0.15, 0.2) is 5.82 Å². The van der Waals surface area contributed by atoms with Crippen LogP contribution in [0.3, 0.4) is 0 Å². The lowest BCUT2D eigenvalue weighted by Gasteiger charge is -2.25. The van der Waals surface area contributed by atoms with Crippen molar-refractivity contribution in [1.82, 2.24) is 15.3 Å². The Morgan fingerprint density at radius 3 is 2.67 bits per heavy atom. The molecule has 0 aromatic carbocycles. The fourth-order valence-corrected chi connectivity index (χ4v) is 4.76. The number of hydrogen-bond donors (Lipinski definition) is 2. The number of hydrogen-bond acceptors (Lipinski definition) is 4. The molecule has 2 N–H and O–H groups in total. The summed E-state index contributed by atoms with van der Waals surface area (Å²) in [5.41, 5.74) is 2.78. The highest BCUT2D eigenvalue weighted by molar-refractivity contribution is 5.94. The molecule has 5 heterocycles. The minimum atomic E-state index is -0.191. The van der Waals surface area contributed by atoms with Crippen LogP contribution < -0.4 is 10.2 Å². The minimum absolute atomic E-state index is 0.191. The maximum absolute atomic E-state index is 14.8. The van der Waals surface area contributed by atoms with Crippen LogP contribution in [0.15, 0.2) is 12.4 Å². The lowest BCUT2D eigenvalue weighted by atomic mass is 9.91. The molecule has 2 aromatic rings. The first-order valence-electron chi connectivity index (χ1n) is 9.00. The lowest BCUT2D eigenvalue weighted by Crippen LogP contribution is -2.26. The molecule has 3 aliphatic rings. The van der Waals surface area contributed by atoms with E-state index in [-0.39, 0.29) is 5.82 Å². The van der Waals surface area contributed by atoms with Crippen LogP contribution in [0.4, 0.5) is 10.1 Å². The van der Waals surface area contributed by atoms with Gasteiger partial charge in [-0.3, -0.25) is 0 Å². The van der Waals surface area contributed by atoms with E-state index in [0.29, 0.717) is 17.8 Å². The molecule has 0 spiro atoms. The van der Waals surface area contributed by atoms with Crippen LogP contribution in [0.5, 0.6) is 0 Å². The van der Waals surface area contributed by atoms with Crippen molar-refractivity contribution < 1.29 is 9.13 Å². The van der Waals surface area contributed by atoms with Crippen molar-refractivity contribution >= 4 is 16.7 Å². The number of aromatic nitrogens is 2. The molecule has 0 unspecified atom stereocenters. The molecule has 0 bridgehead atoms. The number of halogens is 1. The molecule has 2 aromatic heterocycles. The summed E-state index contributed by atoms with van der Waals surface area (Å²) in [5, 5.41) is 4.45. The van der Waals surface area contributed by atoms with Crippen LogP contribution in [-0.4, -0.2) is 49.4 Å². The van der Waals surface area contributed by atoms with Gasteiger partial charge in [-0.15, -0.1) is 0 Å². The monoisotopic (exact) mass is 330 g/mol. The summed E-state index contributed by atoms with van der Waals surface area (Å²) in [5.74, 6) is 1.51. The summed E-state index contributed by atoms with van der Waals surface area (Å²) in [7, 11) is 0. The third-order valence-electron chi connectivity index (χ3n) is 6.03. The van der Waals surface area contributed by atoms with Crippen LogP contribution in [-0.2, 0) is 4.74 Å². The van der Waals surface area contributed by atoms with Gasteiger partial charge in [0.2, 0.25) is 0 Å². The molecule has 3 saturated heterocycles. The van der Waals surface area contributed by atoms with Crippen molar-refractivity contribution in [3.8, 4) is 0 Å². The smallest absolute Gasteiger partial charge is 0.165 e. The van der Waals surface area contributed by atoms with E-state index in [4.69, 9.17) is 4.74 Å². The van der Waals surface area contributed by atoms with Crippen LogP contribution in [0.1, 0.15) is 24.3 Å². The van der Waals surface area contributed by atoms with Gasteiger partial charge in [0.05, 0.1) is 11.9 Å². The Hall–Kier alpha value is -1.66. The number of ether oxygens (including phenoxy) is 1. The summed E-state index contributed by atoms with van der Waals surface area (Å²) in [6.07, 6.45) is 5.40. The SMILES string of the molecule is Fc1cnc2[nH]cc(C3CCOCC3)c2c1N1C[C@H]2CNC[C@H]2C1. The molecule has 0 aliphatic carbocycles. The van der Waals surface area contributed by atoms with Gasteiger partial charge in [0.25, 0.3) is 0 Å². The van der Waals surface area contributed by atoms with E-state index >= 15 is 0 Å². The number of H-pyrrole nitrogens is 1. The topological polar surface area (TPSA) is 53.2 Å². The molecule has 6 heteroatoms. The lowest BCUT2D eigenvalue weighted by molar-refractivity contribution is 0.0856. The van der Waals surface area contributed by atoms with Gasteiger partial charge in [0.1, 0.15) is 5.65 Å². The number of pyridine rings is 1. The Kier molecular flexibility index (Phi) is 3.49. The average Bonchev–Trinajstić information content (AvgIpc) is 3.29. The molecule has 0 saturated carbocycles. The van der Waals surface area contributed by atoms with E-state index in [2.05, 4.69) is 20.2 Å². The fourth-order valence-electron chi connectivity index (χ4n) is 4.76. The van der Waals surface area contributed by atoms with Crippen molar-refractivity contribution in [2.75, 3.05) is 44.3 Å². The van der Waals surface area contributed by atoms with Crippen LogP contribution in [0.2, 0.25) is 0 Å². The van der Waals surface area contributed by atoms with Gasteiger partial charge in [0, 0.05) is 51.0 Å². The number of anilines is 1. The van der Waals surface area contributed by atoms with Crippen molar-refractivity contribution in [3.63, 3.8) is 0 Å². The summed E-state index contributed by atoms with van der Waals surface area (Å²) in [4.78, 5) is 9.83. The zero-order valence-corrected chi connectivity index (χ0v) is 13.7. The van der Waals surface area contributed by atoms with Gasteiger partial charge < -0.3 is 19.9 Å². The van der Waals surface area contributed by atoms with Crippen molar-refractivity contribution in [2.45, 2.75) is 18.8 Å². The molecular weight excluding hydrogens is 307 g/mol. The van der Waals surface area contributed by atoms with Gasteiger partial charge >= 0.3 is 0 Å². The summed E-state index contributed by atoms with van der Waals surface area (Å²) in [6, 6.07) is 0. The maximum atomic E-state index is 14.8. The Labute approximate surface area is 140 Å². The Bertz CT molecular complexity index is 743. The quantitative estimate of drug-likeness (QED) is 0.887. The Balaban J connectivity index is 1.59. The number of nitrogens with zero attached hydrogens (tertiary/aromatic N) is 2. The molecule has 128 valence electrons. The molecule has 24 heavy (non-hydrogen) atoms. The average molecular weight is 330 g/mol. The normalized spacial score (nSPS) is 28.0. The van der Waals surface area contributed by atoms with Crippen LogP contribution in [0.25, 0.3) is 11.0 Å². The fraction of sp³-hybridized carbons (Fsp3) is 0.611. The number of rotatable bonds is 2. The number of nitrogens with one attached hydrogen (secondary N) is 2. The third kappa shape index (κ3) is 2.24. The Morgan fingerprint density at radius 1 is 1.17 bits per heavy atom. The van der Waals surface area contributed by atoms with Gasteiger partial charge in [-0.25, -0.2) is 9.37 Å². The predicted molar refractivity (Wildman–Crippen MR) is 90.9 cm³/mol. The second-order valence-electron chi connectivity index (χ2n) is 7.39. The molecule has 5 nitrogen and oxygen atoms in total. The maximum Gasteiger partial charge on any atom is 0.165 e. The van der Waals surface area contributed by atoms with E-state index in [1.54, 1.807) is 0 Å². The zero-order chi connectivity index (χ0) is 16.1. The van der Waals surface area contributed by atoms with Crippen LogP contribution >= 0.6 is 0 Å². The largest absolute Gasteiger partial charge is 0.381 e. The zero-order valence-electron chi connectivity index (χ0n) is 13.7. The first kappa shape index (κ1) is 14.7. The molecule has 5 rings (SSSR count). The van der Waals surface area contributed by atoms with Crippen LogP contribution in [0, 0.1) is 17.7 Å². The second-order valence-corrected chi connectivity index (χ2v) is 7.39. The van der Waals surface area contributed by atoms with E-state index in [9.17, 15) is 4.39 Å². The van der Waals surface area contributed by atoms with E-state index in [1.165, 1.54) is 11.8 Å². The summed E-state index contributed by atoms with van der Waals surface area (Å²) >= 11 is 0. The minimum Gasteiger partial charge on any atom is -0.381 e. The number of fused-ring (bicyclic) bond motifs is 2. The van der Waals surface area contributed by atoms with Gasteiger partial charge in [-0.05, 0) is 36.2 Å². The van der Waals surface area contributed by atoms with E-state index in [0.717, 1.165) is 69.0 Å².